The highest BCUT2D eigenvalue weighted by Crippen LogP contribution is 2.17. The van der Waals surface area contributed by atoms with E-state index in [2.05, 4.69) is 15.3 Å². The standard InChI is InChI=1S/C16H15N3O/c1-2-9-17-16(20)11-7-8-14-15(10-11)19-13-6-4-3-5-12(13)18-14/h3-8,10H,2,9H2,1H3,(H,17,20). The van der Waals surface area contributed by atoms with Gasteiger partial charge in [0.2, 0.25) is 0 Å². The molecule has 3 aromatic rings. The molecule has 0 aliphatic heterocycles. The SMILES string of the molecule is CCCNC(=O)c1ccc2nc3ccccc3nc2c1. The van der Waals surface area contributed by atoms with Crippen LogP contribution in [0.15, 0.2) is 42.5 Å². The quantitative estimate of drug-likeness (QED) is 0.741. The largest absolute Gasteiger partial charge is 0.352 e. The maximum absolute atomic E-state index is 12.0. The van der Waals surface area contributed by atoms with Crippen molar-refractivity contribution in [3.05, 3.63) is 48.0 Å². The zero-order chi connectivity index (χ0) is 13.9. The van der Waals surface area contributed by atoms with Crippen LogP contribution in [-0.4, -0.2) is 22.4 Å². The Balaban J connectivity index is 2.06. The molecule has 0 atom stereocenters. The molecule has 0 spiro atoms. The van der Waals surface area contributed by atoms with E-state index in [4.69, 9.17) is 0 Å². The Labute approximate surface area is 116 Å². The number of amides is 1. The third kappa shape index (κ3) is 2.32. The molecule has 0 radical (unpaired) electrons. The summed E-state index contributed by atoms with van der Waals surface area (Å²) >= 11 is 0. The van der Waals surface area contributed by atoms with Gasteiger partial charge in [0.1, 0.15) is 0 Å². The zero-order valence-electron chi connectivity index (χ0n) is 11.3. The van der Waals surface area contributed by atoms with Gasteiger partial charge in [-0.15, -0.1) is 0 Å². The molecule has 4 heteroatoms. The van der Waals surface area contributed by atoms with E-state index in [1.807, 2.05) is 37.3 Å². The van der Waals surface area contributed by atoms with Crippen LogP contribution in [0.25, 0.3) is 22.1 Å². The lowest BCUT2D eigenvalue weighted by atomic mass is 10.1. The number of carbonyl (C=O) groups excluding carboxylic acids is 1. The van der Waals surface area contributed by atoms with E-state index in [1.54, 1.807) is 12.1 Å². The summed E-state index contributed by atoms with van der Waals surface area (Å²) in [7, 11) is 0. The molecule has 1 amide bonds. The van der Waals surface area contributed by atoms with Crippen molar-refractivity contribution in [3.8, 4) is 0 Å². The number of carbonyl (C=O) groups is 1. The van der Waals surface area contributed by atoms with Gasteiger partial charge in [0.05, 0.1) is 22.1 Å². The van der Waals surface area contributed by atoms with E-state index in [0.29, 0.717) is 12.1 Å². The number of hydrogen-bond donors (Lipinski definition) is 1. The molecule has 0 saturated heterocycles. The minimum absolute atomic E-state index is 0.0660. The lowest BCUT2D eigenvalue weighted by molar-refractivity contribution is 0.0954. The molecule has 100 valence electrons. The molecule has 3 rings (SSSR count). The normalized spacial score (nSPS) is 10.8. The summed E-state index contributed by atoms with van der Waals surface area (Å²) in [6, 6.07) is 13.2. The van der Waals surface area contributed by atoms with Crippen LogP contribution in [0.3, 0.4) is 0 Å². The van der Waals surface area contributed by atoms with Gasteiger partial charge < -0.3 is 5.32 Å². The van der Waals surface area contributed by atoms with Crippen LogP contribution in [0.2, 0.25) is 0 Å². The third-order valence-electron chi connectivity index (χ3n) is 3.14. The molecule has 1 aromatic heterocycles. The van der Waals surface area contributed by atoms with Gasteiger partial charge in [-0.05, 0) is 36.8 Å². The van der Waals surface area contributed by atoms with Crippen LogP contribution in [0.5, 0.6) is 0 Å². The number of fused-ring (bicyclic) bond motifs is 2. The van der Waals surface area contributed by atoms with Crippen LogP contribution in [0, 0.1) is 0 Å². The molecule has 20 heavy (non-hydrogen) atoms. The topological polar surface area (TPSA) is 54.9 Å². The number of hydrogen-bond acceptors (Lipinski definition) is 3. The third-order valence-corrected chi connectivity index (χ3v) is 3.14. The Morgan fingerprint density at radius 2 is 1.65 bits per heavy atom. The highest BCUT2D eigenvalue weighted by atomic mass is 16.1. The molecule has 0 fully saturated rings. The molecule has 1 heterocycles. The van der Waals surface area contributed by atoms with Crippen molar-refractivity contribution in [3.63, 3.8) is 0 Å². The van der Waals surface area contributed by atoms with E-state index < -0.39 is 0 Å². The summed E-state index contributed by atoms with van der Waals surface area (Å²) < 4.78 is 0. The summed E-state index contributed by atoms with van der Waals surface area (Å²) in [4.78, 5) is 21.1. The van der Waals surface area contributed by atoms with Gasteiger partial charge in [-0.2, -0.15) is 0 Å². The van der Waals surface area contributed by atoms with E-state index >= 15 is 0 Å². The Hall–Kier alpha value is -2.49. The fourth-order valence-electron chi connectivity index (χ4n) is 2.10. The van der Waals surface area contributed by atoms with Crippen molar-refractivity contribution < 1.29 is 4.79 Å². The van der Waals surface area contributed by atoms with E-state index in [-0.39, 0.29) is 5.91 Å². The predicted molar refractivity (Wildman–Crippen MR) is 79.7 cm³/mol. The van der Waals surface area contributed by atoms with E-state index in [0.717, 1.165) is 28.5 Å². The van der Waals surface area contributed by atoms with Crippen LogP contribution in [0.4, 0.5) is 0 Å². The first-order valence-corrected chi connectivity index (χ1v) is 6.72. The molecular formula is C16H15N3O. The van der Waals surface area contributed by atoms with Gasteiger partial charge in [-0.25, -0.2) is 9.97 Å². The lowest BCUT2D eigenvalue weighted by Crippen LogP contribution is -2.23. The molecule has 0 saturated carbocycles. The van der Waals surface area contributed by atoms with Crippen molar-refractivity contribution in [2.45, 2.75) is 13.3 Å². The first-order chi connectivity index (χ1) is 9.78. The summed E-state index contributed by atoms with van der Waals surface area (Å²) in [5.41, 5.74) is 3.87. The van der Waals surface area contributed by atoms with Gasteiger partial charge in [-0.3, -0.25) is 4.79 Å². The fraction of sp³-hybridized carbons (Fsp3) is 0.188. The van der Waals surface area contributed by atoms with Crippen LogP contribution < -0.4 is 5.32 Å². The number of aromatic nitrogens is 2. The second kappa shape index (κ2) is 5.25. The Kier molecular flexibility index (Phi) is 3.29. The van der Waals surface area contributed by atoms with Gasteiger partial charge in [-0.1, -0.05) is 19.1 Å². The second-order valence-corrected chi connectivity index (χ2v) is 4.67. The number of para-hydroxylation sites is 2. The van der Waals surface area contributed by atoms with Gasteiger partial charge in [0, 0.05) is 12.1 Å². The molecule has 2 aromatic carbocycles. The number of benzene rings is 2. The molecule has 0 aliphatic rings. The molecule has 0 aliphatic carbocycles. The van der Waals surface area contributed by atoms with Crippen molar-refractivity contribution in [1.29, 1.82) is 0 Å². The maximum atomic E-state index is 12.0. The minimum atomic E-state index is -0.0660. The fourth-order valence-corrected chi connectivity index (χ4v) is 2.10. The minimum Gasteiger partial charge on any atom is -0.352 e. The first-order valence-electron chi connectivity index (χ1n) is 6.72. The average Bonchev–Trinajstić information content (AvgIpc) is 2.50. The Morgan fingerprint density at radius 1 is 1.00 bits per heavy atom. The van der Waals surface area contributed by atoms with Crippen molar-refractivity contribution >= 4 is 28.0 Å². The monoisotopic (exact) mass is 265 g/mol. The summed E-state index contributed by atoms with van der Waals surface area (Å²) in [6.45, 7) is 2.71. The van der Waals surface area contributed by atoms with Crippen molar-refractivity contribution in [2.75, 3.05) is 6.54 Å². The molecular weight excluding hydrogens is 250 g/mol. The zero-order valence-corrected chi connectivity index (χ0v) is 11.3. The molecule has 1 N–H and O–H groups in total. The van der Waals surface area contributed by atoms with E-state index in [1.165, 1.54) is 0 Å². The number of nitrogens with zero attached hydrogens (tertiary/aromatic N) is 2. The molecule has 0 unspecified atom stereocenters. The average molecular weight is 265 g/mol. The second-order valence-electron chi connectivity index (χ2n) is 4.67. The van der Waals surface area contributed by atoms with Crippen molar-refractivity contribution in [1.82, 2.24) is 15.3 Å². The number of rotatable bonds is 3. The van der Waals surface area contributed by atoms with Crippen LogP contribution >= 0.6 is 0 Å². The lowest BCUT2D eigenvalue weighted by Gasteiger charge is -2.05. The van der Waals surface area contributed by atoms with Crippen LogP contribution in [0.1, 0.15) is 23.7 Å². The van der Waals surface area contributed by atoms with Crippen molar-refractivity contribution in [2.24, 2.45) is 0 Å². The Bertz CT molecular complexity index is 783. The summed E-state index contributed by atoms with van der Waals surface area (Å²) in [5, 5.41) is 2.86. The maximum Gasteiger partial charge on any atom is 0.251 e. The van der Waals surface area contributed by atoms with Gasteiger partial charge in [0.25, 0.3) is 5.91 Å². The highest BCUT2D eigenvalue weighted by Gasteiger charge is 2.07. The number of nitrogens with one attached hydrogen (secondary N) is 1. The van der Waals surface area contributed by atoms with Gasteiger partial charge in [0.15, 0.2) is 0 Å². The first kappa shape index (κ1) is 12.5. The molecule has 4 nitrogen and oxygen atoms in total. The molecule has 0 bridgehead atoms. The summed E-state index contributed by atoms with van der Waals surface area (Å²) in [6.07, 6.45) is 0.920. The smallest absolute Gasteiger partial charge is 0.251 e. The highest BCUT2D eigenvalue weighted by molar-refractivity contribution is 5.98. The van der Waals surface area contributed by atoms with Crippen LogP contribution in [-0.2, 0) is 0 Å². The Morgan fingerprint density at radius 3 is 2.35 bits per heavy atom. The predicted octanol–water partition coefficient (Wildman–Crippen LogP) is 2.92. The van der Waals surface area contributed by atoms with E-state index in [9.17, 15) is 4.79 Å². The summed E-state index contributed by atoms with van der Waals surface area (Å²) in [5.74, 6) is -0.0660. The van der Waals surface area contributed by atoms with Gasteiger partial charge >= 0.3 is 0 Å².